The van der Waals surface area contributed by atoms with Crippen molar-refractivity contribution in [2.24, 2.45) is 0 Å². The van der Waals surface area contributed by atoms with Gasteiger partial charge in [0.2, 0.25) is 5.91 Å². The lowest BCUT2D eigenvalue weighted by atomic mass is 9.87. The highest BCUT2D eigenvalue weighted by molar-refractivity contribution is 5.78. The number of hydrogen-bond acceptors (Lipinski definition) is 4. The summed E-state index contributed by atoms with van der Waals surface area (Å²) in [7, 11) is 3.34. The van der Waals surface area contributed by atoms with Crippen molar-refractivity contribution in [2.75, 3.05) is 40.4 Å². The zero-order valence-corrected chi connectivity index (χ0v) is 16.7. The van der Waals surface area contributed by atoms with Crippen LogP contribution in [-0.4, -0.2) is 56.1 Å². The van der Waals surface area contributed by atoms with E-state index in [0.29, 0.717) is 6.54 Å². The molecule has 28 heavy (non-hydrogen) atoms. The third-order valence-corrected chi connectivity index (χ3v) is 5.89. The number of likely N-dealkylation sites (tertiary alicyclic amines) is 1. The summed E-state index contributed by atoms with van der Waals surface area (Å²) in [5, 5.41) is 0. The highest BCUT2D eigenvalue weighted by Crippen LogP contribution is 2.40. The summed E-state index contributed by atoms with van der Waals surface area (Å²) in [6.45, 7) is 3.09. The highest BCUT2D eigenvalue weighted by atomic mass is 16.5. The lowest BCUT2D eigenvalue weighted by Crippen LogP contribution is -2.44. The van der Waals surface area contributed by atoms with Gasteiger partial charge in [-0.05, 0) is 48.1 Å². The predicted octanol–water partition coefficient (Wildman–Crippen LogP) is 3.27. The summed E-state index contributed by atoms with van der Waals surface area (Å²) in [6, 6.07) is 14.6. The summed E-state index contributed by atoms with van der Waals surface area (Å²) >= 11 is 0. The van der Waals surface area contributed by atoms with Crippen LogP contribution < -0.4 is 9.47 Å². The van der Waals surface area contributed by atoms with Crippen molar-refractivity contribution in [3.63, 3.8) is 0 Å². The van der Waals surface area contributed by atoms with Crippen LogP contribution in [0.4, 0.5) is 0 Å². The minimum Gasteiger partial charge on any atom is -0.493 e. The summed E-state index contributed by atoms with van der Waals surface area (Å²) in [5.74, 6) is 1.73. The number of carbonyl (C=O) groups is 1. The Morgan fingerprint density at radius 2 is 1.68 bits per heavy atom. The van der Waals surface area contributed by atoms with E-state index in [9.17, 15) is 4.79 Å². The summed E-state index contributed by atoms with van der Waals surface area (Å²) in [5.41, 5.74) is 3.66. The smallest absolute Gasteiger partial charge is 0.236 e. The first-order valence-electron chi connectivity index (χ1n) is 10.0. The van der Waals surface area contributed by atoms with E-state index in [1.54, 1.807) is 14.2 Å². The van der Waals surface area contributed by atoms with E-state index in [4.69, 9.17) is 9.47 Å². The standard InChI is InChI=1S/C23H28N2O3/c1-27-20-14-18-10-13-25(16-22(26)24-11-6-7-12-24)23(17-8-4-3-5-9-17)19(18)15-21(20)28-2/h3-5,8-9,14-15,23H,6-7,10-13,16H2,1-2H3. The van der Waals surface area contributed by atoms with Crippen LogP contribution in [0.1, 0.15) is 35.6 Å². The van der Waals surface area contributed by atoms with E-state index in [2.05, 4.69) is 41.3 Å². The molecule has 5 nitrogen and oxygen atoms in total. The Bertz CT molecular complexity index is 831. The quantitative estimate of drug-likeness (QED) is 0.798. The maximum atomic E-state index is 12.9. The second-order valence-electron chi connectivity index (χ2n) is 7.53. The molecule has 1 saturated heterocycles. The third-order valence-electron chi connectivity index (χ3n) is 5.89. The van der Waals surface area contributed by atoms with E-state index in [-0.39, 0.29) is 11.9 Å². The number of benzene rings is 2. The SMILES string of the molecule is COc1cc2c(cc1OC)C(c1ccccc1)N(CC(=O)N1CCCC1)CC2. The molecule has 1 fully saturated rings. The Morgan fingerprint density at radius 3 is 2.36 bits per heavy atom. The molecule has 0 saturated carbocycles. The van der Waals surface area contributed by atoms with Crippen molar-refractivity contribution in [3.05, 3.63) is 59.2 Å². The normalized spacial score (nSPS) is 19.4. The maximum absolute atomic E-state index is 12.9. The van der Waals surface area contributed by atoms with Gasteiger partial charge in [-0.1, -0.05) is 30.3 Å². The van der Waals surface area contributed by atoms with E-state index < -0.39 is 0 Å². The Labute approximate surface area is 166 Å². The second-order valence-corrected chi connectivity index (χ2v) is 7.53. The number of ether oxygens (including phenoxy) is 2. The average Bonchev–Trinajstić information content (AvgIpc) is 3.28. The zero-order valence-electron chi connectivity index (χ0n) is 16.7. The van der Waals surface area contributed by atoms with Gasteiger partial charge in [0.25, 0.3) is 0 Å². The van der Waals surface area contributed by atoms with Crippen molar-refractivity contribution in [3.8, 4) is 11.5 Å². The summed E-state index contributed by atoms with van der Waals surface area (Å²) < 4.78 is 11.1. The van der Waals surface area contributed by atoms with E-state index in [1.807, 2.05) is 11.0 Å². The second kappa shape index (κ2) is 8.23. The molecule has 1 amide bonds. The molecule has 0 bridgehead atoms. The molecular formula is C23H28N2O3. The molecular weight excluding hydrogens is 352 g/mol. The van der Waals surface area contributed by atoms with E-state index in [1.165, 1.54) is 16.7 Å². The van der Waals surface area contributed by atoms with Crippen molar-refractivity contribution in [1.82, 2.24) is 9.80 Å². The molecule has 2 aliphatic rings. The molecule has 1 unspecified atom stereocenters. The molecule has 0 aromatic heterocycles. The number of nitrogens with zero attached hydrogens (tertiary/aromatic N) is 2. The van der Waals surface area contributed by atoms with Crippen molar-refractivity contribution in [2.45, 2.75) is 25.3 Å². The zero-order chi connectivity index (χ0) is 19.5. The molecule has 148 valence electrons. The molecule has 5 heteroatoms. The number of amides is 1. The van der Waals surface area contributed by atoms with Gasteiger partial charge in [-0.15, -0.1) is 0 Å². The fourth-order valence-electron chi connectivity index (χ4n) is 4.43. The van der Waals surface area contributed by atoms with Gasteiger partial charge >= 0.3 is 0 Å². The molecule has 0 spiro atoms. The maximum Gasteiger partial charge on any atom is 0.236 e. The lowest BCUT2D eigenvalue weighted by molar-refractivity contribution is -0.131. The van der Waals surface area contributed by atoms with Crippen molar-refractivity contribution in [1.29, 1.82) is 0 Å². The number of methoxy groups -OCH3 is 2. The number of carbonyl (C=O) groups excluding carboxylic acids is 1. The van der Waals surface area contributed by atoms with Crippen molar-refractivity contribution >= 4 is 5.91 Å². The highest BCUT2D eigenvalue weighted by Gasteiger charge is 2.32. The van der Waals surface area contributed by atoms with Gasteiger partial charge in [0, 0.05) is 19.6 Å². The van der Waals surface area contributed by atoms with Gasteiger partial charge in [0.15, 0.2) is 11.5 Å². The molecule has 0 aliphatic carbocycles. The first-order valence-corrected chi connectivity index (χ1v) is 10.0. The molecule has 0 radical (unpaired) electrons. The first kappa shape index (κ1) is 18.8. The number of hydrogen-bond donors (Lipinski definition) is 0. The van der Waals surface area contributed by atoms with Crippen LogP contribution >= 0.6 is 0 Å². The van der Waals surface area contributed by atoms with Crippen molar-refractivity contribution < 1.29 is 14.3 Å². The van der Waals surface area contributed by atoms with Gasteiger partial charge in [-0.25, -0.2) is 0 Å². The van der Waals surface area contributed by atoms with Crippen LogP contribution in [0.15, 0.2) is 42.5 Å². The molecule has 2 heterocycles. The Hall–Kier alpha value is -2.53. The predicted molar refractivity (Wildman–Crippen MR) is 109 cm³/mol. The third kappa shape index (κ3) is 3.59. The summed E-state index contributed by atoms with van der Waals surface area (Å²) in [6.07, 6.45) is 3.13. The van der Waals surface area contributed by atoms with Crippen LogP contribution in [0.25, 0.3) is 0 Å². The van der Waals surface area contributed by atoms with Gasteiger partial charge < -0.3 is 14.4 Å². The lowest BCUT2D eigenvalue weighted by Gasteiger charge is -2.38. The Balaban J connectivity index is 1.71. The van der Waals surface area contributed by atoms with E-state index in [0.717, 1.165) is 50.4 Å². The fourth-order valence-corrected chi connectivity index (χ4v) is 4.43. The largest absolute Gasteiger partial charge is 0.493 e. The van der Waals surface area contributed by atoms with Crippen LogP contribution in [-0.2, 0) is 11.2 Å². The average molecular weight is 380 g/mol. The Kier molecular flexibility index (Phi) is 5.53. The van der Waals surface area contributed by atoms with Gasteiger partial charge in [-0.2, -0.15) is 0 Å². The fraction of sp³-hybridized carbons (Fsp3) is 0.435. The minimum absolute atomic E-state index is 0.0382. The Morgan fingerprint density at radius 1 is 1.00 bits per heavy atom. The number of fused-ring (bicyclic) bond motifs is 1. The van der Waals surface area contributed by atoms with Crippen LogP contribution in [0.3, 0.4) is 0 Å². The van der Waals surface area contributed by atoms with Crippen LogP contribution in [0.2, 0.25) is 0 Å². The first-order chi connectivity index (χ1) is 13.7. The van der Waals surface area contributed by atoms with Crippen LogP contribution in [0, 0.1) is 0 Å². The van der Waals surface area contributed by atoms with Gasteiger partial charge in [-0.3, -0.25) is 9.69 Å². The molecule has 2 aromatic rings. The molecule has 4 rings (SSSR count). The van der Waals surface area contributed by atoms with Gasteiger partial charge in [0.1, 0.15) is 0 Å². The molecule has 1 atom stereocenters. The monoisotopic (exact) mass is 380 g/mol. The molecule has 0 N–H and O–H groups in total. The molecule has 2 aromatic carbocycles. The number of rotatable bonds is 5. The minimum atomic E-state index is 0.0382. The topological polar surface area (TPSA) is 42.0 Å². The van der Waals surface area contributed by atoms with E-state index >= 15 is 0 Å². The van der Waals surface area contributed by atoms with Gasteiger partial charge in [0.05, 0.1) is 26.8 Å². The summed E-state index contributed by atoms with van der Waals surface area (Å²) in [4.78, 5) is 17.2. The van der Waals surface area contributed by atoms with Crippen LogP contribution in [0.5, 0.6) is 11.5 Å². The molecule has 2 aliphatic heterocycles.